The third kappa shape index (κ3) is 3.96. The lowest BCUT2D eigenvalue weighted by Gasteiger charge is -2.38. The Bertz CT molecular complexity index is 1500. The van der Waals surface area contributed by atoms with Crippen LogP contribution in [-0.4, -0.2) is 61.1 Å². The predicted molar refractivity (Wildman–Crippen MR) is 141 cm³/mol. The van der Waals surface area contributed by atoms with Crippen LogP contribution in [0.15, 0.2) is 41.7 Å². The van der Waals surface area contributed by atoms with E-state index < -0.39 is 17.8 Å². The van der Waals surface area contributed by atoms with E-state index in [1.807, 2.05) is 18.2 Å². The summed E-state index contributed by atoms with van der Waals surface area (Å²) in [6.07, 6.45) is 5.71. The molecule has 3 N–H and O–H groups in total. The molecule has 196 valence electrons. The van der Waals surface area contributed by atoms with Crippen molar-refractivity contribution >= 4 is 33.4 Å². The van der Waals surface area contributed by atoms with Gasteiger partial charge < -0.3 is 20.6 Å². The number of pyridine rings is 1. The molecule has 0 bridgehead atoms. The number of halogens is 2. The van der Waals surface area contributed by atoms with Gasteiger partial charge in [0.05, 0.1) is 28.7 Å². The van der Waals surface area contributed by atoms with Crippen molar-refractivity contribution in [3.8, 4) is 11.4 Å². The van der Waals surface area contributed by atoms with Crippen molar-refractivity contribution < 1.29 is 19.1 Å². The van der Waals surface area contributed by atoms with Gasteiger partial charge in [-0.05, 0) is 58.5 Å². The fourth-order valence-electron chi connectivity index (χ4n) is 5.56. The molecule has 1 aliphatic carbocycles. The molecule has 1 fully saturated rings. The highest BCUT2D eigenvalue weighted by Crippen LogP contribution is 2.43. The molecule has 1 aromatic carbocycles. The largest absolute Gasteiger partial charge is 0.506 e. The smallest absolute Gasteiger partial charge is 0.258 e. The lowest BCUT2D eigenvalue weighted by molar-refractivity contribution is -0.126. The maximum absolute atomic E-state index is 14.5. The van der Waals surface area contributed by atoms with Gasteiger partial charge in [0.25, 0.3) is 5.91 Å². The number of nitrogen functional groups attached to an aromatic ring is 1. The predicted octanol–water partition coefficient (Wildman–Crippen LogP) is 3.64. The molecule has 0 spiro atoms. The number of nitrogens with two attached hydrogens (primary N) is 1. The molecule has 9 nitrogen and oxygen atoms in total. The summed E-state index contributed by atoms with van der Waals surface area (Å²) in [5.74, 6) is -0.847. The van der Waals surface area contributed by atoms with Gasteiger partial charge in [0.1, 0.15) is 16.0 Å². The summed E-state index contributed by atoms with van der Waals surface area (Å²) in [6, 6.07) is 5.19. The molecule has 4 heterocycles. The molecule has 38 heavy (non-hydrogen) atoms. The molecular formula is C27H26BrFN6O3. The van der Waals surface area contributed by atoms with Crippen molar-refractivity contribution in [3.05, 3.63) is 75.5 Å². The standard InChI is InChI=1S/C27H26BrFN6O3/c1-2-22(37)33-9-7-17-23-19(35(32-17)18-6-5-15(11-21(18)36)14-3-4-14)8-10-34(20(23)13-33)27(38)16-12-31-26(28)24(29)25(16)30/h2,5-6,11-12,14,20,36H,1,3-4,7-10,13H2,(H2,30,31). The van der Waals surface area contributed by atoms with Crippen LogP contribution < -0.4 is 5.73 Å². The van der Waals surface area contributed by atoms with Gasteiger partial charge in [0, 0.05) is 44.2 Å². The molecule has 0 saturated heterocycles. The molecule has 1 atom stereocenters. The summed E-state index contributed by atoms with van der Waals surface area (Å²) >= 11 is 3.00. The van der Waals surface area contributed by atoms with Crippen LogP contribution in [0.25, 0.3) is 5.69 Å². The molecule has 3 aliphatic rings. The number of hydrogen-bond acceptors (Lipinski definition) is 6. The highest BCUT2D eigenvalue weighted by Gasteiger charge is 2.41. The first-order valence-electron chi connectivity index (χ1n) is 12.5. The van der Waals surface area contributed by atoms with Crippen LogP contribution in [0.1, 0.15) is 57.7 Å². The van der Waals surface area contributed by atoms with E-state index in [1.165, 1.54) is 12.3 Å². The number of nitrogens with zero attached hydrogens (tertiary/aromatic N) is 5. The van der Waals surface area contributed by atoms with E-state index in [1.54, 1.807) is 14.5 Å². The molecule has 2 aliphatic heterocycles. The van der Waals surface area contributed by atoms with Gasteiger partial charge in [-0.2, -0.15) is 5.10 Å². The summed E-state index contributed by atoms with van der Waals surface area (Å²) in [5.41, 5.74) is 9.82. The van der Waals surface area contributed by atoms with Gasteiger partial charge >= 0.3 is 0 Å². The van der Waals surface area contributed by atoms with Crippen molar-refractivity contribution in [2.75, 3.05) is 25.4 Å². The number of phenolic OH excluding ortho intramolecular Hbond substituents is 1. The number of anilines is 1. The Hall–Kier alpha value is -3.73. The van der Waals surface area contributed by atoms with Crippen molar-refractivity contribution in [1.82, 2.24) is 24.6 Å². The topological polar surface area (TPSA) is 118 Å². The second-order valence-corrected chi connectivity index (χ2v) is 10.7. The lowest BCUT2D eigenvalue weighted by atomic mass is 9.94. The zero-order valence-electron chi connectivity index (χ0n) is 20.5. The minimum absolute atomic E-state index is 0.0396. The SMILES string of the molecule is C=CC(=O)N1CCc2nn(-c3ccc(C4CC4)cc3O)c3c2C(C1)N(C(=O)c1cnc(Br)c(F)c1N)CC3. The second-order valence-electron chi connectivity index (χ2n) is 9.93. The molecule has 1 unspecified atom stereocenters. The van der Waals surface area contributed by atoms with E-state index >= 15 is 0 Å². The Morgan fingerprint density at radius 2 is 2.03 bits per heavy atom. The Morgan fingerprint density at radius 3 is 2.74 bits per heavy atom. The summed E-state index contributed by atoms with van der Waals surface area (Å²) in [7, 11) is 0. The van der Waals surface area contributed by atoms with Crippen LogP contribution in [0.2, 0.25) is 0 Å². The molecule has 6 rings (SSSR count). The number of phenols is 1. The third-order valence-electron chi connectivity index (χ3n) is 7.68. The zero-order valence-corrected chi connectivity index (χ0v) is 22.1. The molecule has 11 heteroatoms. The minimum Gasteiger partial charge on any atom is -0.506 e. The first-order chi connectivity index (χ1) is 18.3. The first kappa shape index (κ1) is 24.6. The molecule has 2 amide bonds. The summed E-state index contributed by atoms with van der Waals surface area (Å²) in [4.78, 5) is 33.5. The number of aromatic nitrogens is 3. The average molecular weight is 581 g/mol. The Labute approximate surface area is 226 Å². The molecule has 1 saturated carbocycles. The van der Waals surface area contributed by atoms with Crippen molar-refractivity contribution in [1.29, 1.82) is 0 Å². The monoisotopic (exact) mass is 580 g/mol. The summed E-state index contributed by atoms with van der Waals surface area (Å²) in [6.45, 7) is 4.52. The first-order valence-corrected chi connectivity index (χ1v) is 13.3. The summed E-state index contributed by atoms with van der Waals surface area (Å²) < 4.78 is 16.2. The van der Waals surface area contributed by atoms with Gasteiger partial charge in [-0.1, -0.05) is 12.6 Å². The molecule has 3 aromatic rings. The number of carbonyl (C=O) groups is 2. The number of rotatable bonds is 4. The number of benzene rings is 1. The van der Waals surface area contributed by atoms with Crippen LogP contribution in [0, 0.1) is 5.82 Å². The van der Waals surface area contributed by atoms with Gasteiger partial charge in [-0.3, -0.25) is 9.59 Å². The molecule has 0 radical (unpaired) electrons. The average Bonchev–Trinajstić information content (AvgIpc) is 3.72. The molecule has 2 aromatic heterocycles. The fourth-order valence-corrected chi connectivity index (χ4v) is 5.87. The maximum atomic E-state index is 14.5. The van der Waals surface area contributed by atoms with E-state index in [4.69, 9.17) is 10.8 Å². The number of amides is 2. The second kappa shape index (κ2) is 9.23. The van der Waals surface area contributed by atoms with Crippen molar-refractivity contribution in [3.63, 3.8) is 0 Å². The Morgan fingerprint density at radius 1 is 1.24 bits per heavy atom. The van der Waals surface area contributed by atoms with E-state index in [9.17, 15) is 19.1 Å². The minimum atomic E-state index is -0.795. The van der Waals surface area contributed by atoms with Crippen LogP contribution in [-0.2, 0) is 17.6 Å². The van der Waals surface area contributed by atoms with Crippen molar-refractivity contribution in [2.45, 2.75) is 37.6 Å². The maximum Gasteiger partial charge on any atom is 0.258 e. The van der Waals surface area contributed by atoms with Crippen LogP contribution in [0.5, 0.6) is 5.75 Å². The van der Waals surface area contributed by atoms with Gasteiger partial charge in [0.15, 0.2) is 5.82 Å². The van der Waals surface area contributed by atoms with Gasteiger partial charge in [-0.25, -0.2) is 14.1 Å². The number of aromatic hydroxyl groups is 1. The highest BCUT2D eigenvalue weighted by molar-refractivity contribution is 9.10. The number of carbonyl (C=O) groups excluding carboxylic acids is 2. The van der Waals surface area contributed by atoms with Crippen LogP contribution in [0.4, 0.5) is 10.1 Å². The third-order valence-corrected chi connectivity index (χ3v) is 8.23. The Balaban J connectivity index is 1.44. The highest BCUT2D eigenvalue weighted by atomic mass is 79.9. The summed E-state index contributed by atoms with van der Waals surface area (Å²) in [5, 5.41) is 15.8. The lowest BCUT2D eigenvalue weighted by Crippen LogP contribution is -2.46. The van der Waals surface area contributed by atoms with Crippen molar-refractivity contribution in [2.24, 2.45) is 0 Å². The van der Waals surface area contributed by atoms with E-state index in [0.29, 0.717) is 31.0 Å². The van der Waals surface area contributed by atoms with Gasteiger partial charge in [0.2, 0.25) is 5.91 Å². The van der Waals surface area contributed by atoms with Crippen LogP contribution in [0.3, 0.4) is 0 Å². The van der Waals surface area contributed by atoms with E-state index in [0.717, 1.165) is 35.4 Å². The quantitative estimate of drug-likeness (QED) is 0.359. The fraction of sp³-hybridized carbons (Fsp3) is 0.333. The van der Waals surface area contributed by atoms with E-state index in [-0.39, 0.29) is 40.6 Å². The number of hydrogen-bond donors (Lipinski definition) is 2. The molecular weight excluding hydrogens is 555 g/mol. The van der Waals surface area contributed by atoms with Gasteiger partial charge in [-0.15, -0.1) is 0 Å². The van der Waals surface area contributed by atoms with Crippen LogP contribution >= 0.6 is 15.9 Å². The Kier molecular flexibility index (Phi) is 5.97. The zero-order chi connectivity index (χ0) is 26.7. The normalized spacial score (nSPS) is 18.6. The van der Waals surface area contributed by atoms with E-state index in [2.05, 4.69) is 27.5 Å².